The third-order valence-electron chi connectivity index (χ3n) is 3.08. The fourth-order valence-corrected chi connectivity index (χ4v) is 2.19. The first-order valence-corrected chi connectivity index (χ1v) is 7.02. The van der Waals surface area contributed by atoms with Gasteiger partial charge in [0.15, 0.2) is 0 Å². The normalized spacial score (nSPS) is 14.2. The number of halogens is 1. The topological polar surface area (TPSA) is 29.1 Å². The molecule has 0 heterocycles. The highest BCUT2D eigenvalue weighted by Crippen LogP contribution is 2.12. The summed E-state index contributed by atoms with van der Waals surface area (Å²) < 4.78 is 0. The van der Waals surface area contributed by atoms with Crippen LogP contribution in [0.3, 0.4) is 0 Å². The molecule has 94 valence electrons. The molecule has 2 nitrogen and oxygen atoms in total. The lowest BCUT2D eigenvalue weighted by Gasteiger charge is -2.19. The Morgan fingerprint density at radius 2 is 2.00 bits per heavy atom. The van der Waals surface area contributed by atoms with Gasteiger partial charge in [0, 0.05) is 16.9 Å². The van der Waals surface area contributed by atoms with Gasteiger partial charge in [-0.1, -0.05) is 40.5 Å². The minimum Gasteiger partial charge on any atom is -0.349 e. The van der Waals surface area contributed by atoms with E-state index in [2.05, 4.69) is 28.2 Å². The summed E-state index contributed by atoms with van der Waals surface area (Å²) >= 11 is 3.43. The average Bonchev–Trinajstić information content (AvgIpc) is 2.27. The quantitative estimate of drug-likeness (QED) is 0.848. The Kier molecular flexibility index (Phi) is 5.19. The second-order valence-corrected chi connectivity index (χ2v) is 5.36. The number of aryl methyl sites for hydroxylation is 2. The molecule has 3 heteroatoms. The number of benzene rings is 1. The van der Waals surface area contributed by atoms with Crippen LogP contribution in [-0.4, -0.2) is 17.3 Å². The van der Waals surface area contributed by atoms with Crippen LogP contribution >= 0.6 is 15.9 Å². The van der Waals surface area contributed by atoms with Crippen LogP contribution in [-0.2, 0) is 0 Å². The first-order valence-electron chi connectivity index (χ1n) is 5.89. The van der Waals surface area contributed by atoms with Gasteiger partial charge in [0.05, 0.1) is 0 Å². The maximum atomic E-state index is 12.1. The first-order chi connectivity index (χ1) is 7.95. The molecule has 0 spiro atoms. The fourth-order valence-electron chi connectivity index (χ4n) is 1.63. The zero-order valence-electron chi connectivity index (χ0n) is 10.9. The third-order valence-corrected chi connectivity index (χ3v) is 4.10. The summed E-state index contributed by atoms with van der Waals surface area (Å²) in [6, 6.07) is 6.07. The zero-order valence-corrected chi connectivity index (χ0v) is 12.5. The summed E-state index contributed by atoms with van der Waals surface area (Å²) in [6.07, 6.45) is 0. The molecule has 1 rings (SSSR count). The smallest absolute Gasteiger partial charge is 0.251 e. The molecule has 1 amide bonds. The molecule has 1 aromatic carbocycles. The van der Waals surface area contributed by atoms with E-state index >= 15 is 0 Å². The summed E-state index contributed by atoms with van der Waals surface area (Å²) in [5, 5.41) is 3.93. The molecule has 0 bridgehead atoms. The van der Waals surface area contributed by atoms with Crippen molar-refractivity contribution in [2.75, 3.05) is 5.33 Å². The molecule has 0 saturated heterocycles. The molecule has 0 fully saturated rings. The summed E-state index contributed by atoms with van der Waals surface area (Å²) in [5.74, 6) is 0.438. The van der Waals surface area contributed by atoms with Gasteiger partial charge in [-0.2, -0.15) is 0 Å². The Balaban J connectivity index is 2.76. The predicted molar refractivity (Wildman–Crippen MR) is 75.8 cm³/mol. The van der Waals surface area contributed by atoms with Crippen molar-refractivity contribution in [3.05, 3.63) is 34.9 Å². The molecule has 1 aromatic rings. The van der Waals surface area contributed by atoms with Crippen LogP contribution in [0.15, 0.2) is 18.2 Å². The number of amides is 1. The van der Waals surface area contributed by atoms with Crippen molar-refractivity contribution in [2.24, 2.45) is 5.92 Å². The van der Waals surface area contributed by atoms with Crippen LogP contribution < -0.4 is 5.32 Å². The summed E-state index contributed by atoms with van der Waals surface area (Å²) in [7, 11) is 0. The van der Waals surface area contributed by atoms with Gasteiger partial charge in [0.2, 0.25) is 0 Å². The number of alkyl halides is 1. The molecule has 0 aromatic heterocycles. The van der Waals surface area contributed by atoms with Crippen LogP contribution in [0, 0.1) is 19.8 Å². The number of hydrogen-bond acceptors (Lipinski definition) is 1. The van der Waals surface area contributed by atoms with E-state index in [1.807, 2.05) is 39.0 Å². The van der Waals surface area contributed by atoms with Gasteiger partial charge >= 0.3 is 0 Å². The van der Waals surface area contributed by atoms with Crippen LogP contribution in [0.1, 0.15) is 35.3 Å². The summed E-state index contributed by atoms with van der Waals surface area (Å²) in [4.78, 5) is 12.1. The first kappa shape index (κ1) is 14.2. The lowest BCUT2D eigenvalue weighted by atomic mass is 10.0. The largest absolute Gasteiger partial charge is 0.349 e. The molecule has 0 aliphatic rings. The van der Waals surface area contributed by atoms with Crippen molar-refractivity contribution in [3.63, 3.8) is 0 Å². The Morgan fingerprint density at radius 1 is 1.35 bits per heavy atom. The molecular formula is C14H20BrNO. The van der Waals surface area contributed by atoms with Crippen molar-refractivity contribution in [2.45, 2.75) is 33.7 Å². The molecule has 17 heavy (non-hydrogen) atoms. The van der Waals surface area contributed by atoms with E-state index in [1.54, 1.807) is 0 Å². The summed E-state index contributed by atoms with van der Waals surface area (Å²) in [6.45, 7) is 8.15. The lowest BCUT2D eigenvalue weighted by molar-refractivity contribution is 0.0930. The Bertz CT molecular complexity index is 403. The zero-order chi connectivity index (χ0) is 13.0. The molecule has 1 N–H and O–H groups in total. The minimum atomic E-state index is 0.0165. The number of rotatable bonds is 4. The van der Waals surface area contributed by atoms with E-state index in [0.717, 1.165) is 16.5 Å². The van der Waals surface area contributed by atoms with E-state index < -0.39 is 0 Å². The number of carbonyl (C=O) groups is 1. The van der Waals surface area contributed by atoms with Crippen LogP contribution in [0.25, 0.3) is 0 Å². The maximum Gasteiger partial charge on any atom is 0.251 e. The minimum absolute atomic E-state index is 0.0165. The Morgan fingerprint density at radius 3 is 2.53 bits per heavy atom. The van der Waals surface area contributed by atoms with E-state index in [4.69, 9.17) is 0 Å². The number of carbonyl (C=O) groups excluding carboxylic acids is 1. The van der Waals surface area contributed by atoms with Gasteiger partial charge in [-0.15, -0.1) is 0 Å². The predicted octanol–water partition coefficient (Wildman–Crippen LogP) is 3.45. The van der Waals surface area contributed by atoms with E-state index in [1.165, 1.54) is 5.56 Å². The highest BCUT2D eigenvalue weighted by Gasteiger charge is 2.15. The molecule has 0 aliphatic heterocycles. The SMILES string of the molecule is Cc1ccc(C(=O)NC(C)C(C)CBr)c(C)c1. The van der Waals surface area contributed by atoms with Crippen LogP contribution in [0.4, 0.5) is 0 Å². The van der Waals surface area contributed by atoms with Gasteiger partial charge in [0.25, 0.3) is 5.91 Å². The number of hydrogen-bond donors (Lipinski definition) is 1. The maximum absolute atomic E-state index is 12.1. The van der Waals surface area contributed by atoms with E-state index in [0.29, 0.717) is 5.92 Å². The van der Waals surface area contributed by atoms with Crippen LogP contribution in [0.5, 0.6) is 0 Å². The third kappa shape index (κ3) is 3.84. The van der Waals surface area contributed by atoms with Gasteiger partial charge in [0.1, 0.15) is 0 Å². The Hall–Kier alpha value is -0.830. The molecule has 0 saturated carbocycles. The second-order valence-electron chi connectivity index (χ2n) is 4.71. The van der Waals surface area contributed by atoms with Crippen LogP contribution in [0.2, 0.25) is 0 Å². The number of nitrogens with one attached hydrogen (secondary N) is 1. The summed E-state index contributed by atoms with van der Waals surface area (Å²) in [5.41, 5.74) is 2.98. The van der Waals surface area contributed by atoms with Crippen molar-refractivity contribution in [1.29, 1.82) is 0 Å². The Labute approximate surface area is 112 Å². The highest BCUT2D eigenvalue weighted by molar-refractivity contribution is 9.09. The molecule has 0 aliphatic carbocycles. The van der Waals surface area contributed by atoms with E-state index in [9.17, 15) is 4.79 Å². The van der Waals surface area contributed by atoms with Crippen molar-refractivity contribution in [1.82, 2.24) is 5.32 Å². The highest BCUT2D eigenvalue weighted by atomic mass is 79.9. The van der Waals surface area contributed by atoms with Gasteiger partial charge in [-0.25, -0.2) is 0 Å². The van der Waals surface area contributed by atoms with Gasteiger partial charge in [-0.3, -0.25) is 4.79 Å². The molecule has 2 unspecified atom stereocenters. The van der Waals surface area contributed by atoms with Gasteiger partial charge in [-0.05, 0) is 38.3 Å². The fraction of sp³-hybridized carbons (Fsp3) is 0.500. The monoisotopic (exact) mass is 297 g/mol. The van der Waals surface area contributed by atoms with Crippen molar-refractivity contribution >= 4 is 21.8 Å². The molecular weight excluding hydrogens is 278 g/mol. The standard InChI is InChI=1S/C14H20BrNO/c1-9-5-6-13(10(2)7-9)14(17)16-12(4)11(3)8-15/h5-7,11-12H,8H2,1-4H3,(H,16,17). The van der Waals surface area contributed by atoms with Crippen molar-refractivity contribution < 1.29 is 4.79 Å². The molecule has 2 atom stereocenters. The van der Waals surface area contributed by atoms with Gasteiger partial charge < -0.3 is 5.32 Å². The van der Waals surface area contributed by atoms with E-state index in [-0.39, 0.29) is 11.9 Å². The van der Waals surface area contributed by atoms with Crippen molar-refractivity contribution in [3.8, 4) is 0 Å². The molecule has 0 radical (unpaired) electrons. The average molecular weight is 298 g/mol. The second kappa shape index (κ2) is 6.20. The lowest BCUT2D eigenvalue weighted by Crippen LogP contribution is -2.37.